The molecule has 0 aliphatic carbocycles. The maximum atomic E-state index is 12.2. The molecule has 5 N–H and O–H groups in total. The molecule has 12 heteroatoms. The minimum Gasteiger partial charge on any atom is -0.497 e. The molecule has 0 saturated carbocycles. The van der Waals surface area contributed by atoms with Gasteiger partial charge >= 0.3 is 0 Å². The molecule has 2 heterocycles. The van der Waals surface area contributed by atoms with Crippen LogP contribution in [-0.4, -0.2) is 94.7 Å². The molecule has 4 rings (SSSR count). The van der Waals surface area contributed by atoms with Crippen LogP contribution in [0.2, 0.25) is 0 Å². The molecule has 0 spiro atoms. The van der Waals surface area contributed by atoms with E-state index >= 15 is 0 Å². The van der Waals surface area contributed by atoms with Crippen LogP contribution < -0.4 is 19.5 Å². The summed E-state index contributed by atoms with van der Waals surface area (Å²) in [5.74, 6) is 1.09. The summed E-state index contributed by atoms with van der Waals surface area (Å²) in [5, 5.41) is 48.2. The maximum Gasteiger partial charge on any atom is 0.251 e. The van der Waals surface area contributed by atoms with Gasteiger partial charge in [0.25, 0.3) is 5.91 Å². The number of hydrogen-bond donors (Lipinski definition) is 5. The van der Waals surface area contributed by atoms with Gasteiger partial charge in [0.2, 0.25) is 12.2 Å². The van der Waals surface area contributed by atoms with Gasteiger partial charge in [-0.1, -0.05) is 18.2 Å². The topological polar surface area (TPSA) is 165 Å². The molecule has 5 atom stereocenters. The zero-order valence-corrected chi connectivity index (χ0v) is 23.6. The molecule has 1 aliphatic rings. The predicted molar refractivity (Wildman–Crippen MR) is 148 cm³/mol. The standard InChI is InChI=1S/C29H37N3O9/c1-15(2)32-23(16-6-8-17(9-7-16)27(37)30-3)20(12-18-10-11-19(38-4)13-21(18)39-5)28(31-32)41-29-26(36)25(35)24(34)22(14-33)40-29/h6-11,13,15,22,24-26,29,33-36H,12,14H2,1-5H3,(H,30,37)/t22-,24-,25+,26-,29+/m1/s1. The Bertz CT molecular complexity index is 1340. The van der Waals surface area contributed by atoms with Crippen molar-refractivity contribution < 1.29 is 44.2 Å². The zero-order chi connectivity index (χ0) is 29.8. The molecule has 0 radical (unpaired) electrons. The molecule has 41 heavy (non-hydrogen) atoms. The van der Waals surface area contributed by atoms with Crippen molar-refractivity contribution in [1.82, 2.24) is 15.1 Å². The summed E-state index contributed by atoms with van der Waals surface area (Å²) < 4.78 is 24.5. The number of benzene rings is 2. The Hall–Kier alpha value is -3.68. The van der Waals surface area contributed by atoms with E-state index in [-0.39, 0.29) is 24.2 Å². The van der Waals surface area contributed by atoms with Gasteiger partial charge in [0.05, 0.1) is 26.5 Å². The first-order chi connectivity index (χ1) is 19.6. The summed E-state index contributed by atoms with van der Waals surface area (Å²) in [6.07, 6.45) is -7.05. The van der Waals surface area contributed by atoms with Gasteiger partial charge in [-0.25, -0.2) is 0 Å². The van der Waals surface area contributed by atoms with Crippen LogP contribution in [-0.2, 0) is 11.2 Å². The molecule has 1 aromatic heterocycles. The Morgan fingerprint density at radius 2 is 1.76 bits per heavy atom. The first-order valence-corrected chi connectivity index (χ1v) is 13.2. The van der Waals surface area contributed by atoms with E-state index in [0.29, 0.717) is 28.3 Å². The van der Waals surface area contributed by atoms with Crippen LogP contribution in [0.1, 0.15) is 41.4 Å². The van der Waals surface area contributed by atoms with Crippen LogP contribution in [0.4, 0.5) is 0 Å². The van der Waals surface area contributed by atoms with Crippen molar-refractivity contribution in [3.8, 4) is 28.6 Å². The Morgan fingerprint density at radius 3 is 2.34 bits per heavy atom. The molecule has 2 aromatic carbocycles. The number of hydrogen-bond acceptors (Lipinski definition) is 10. The van der Waals surface area contributed by atoms with Gasteiger partial charge < -0.3 is 44.7 Å². The van der Waals surface area contributed by atoms with E-state index in [1.807, 2.05) is 32.0 Å². The number of nitrogens with zero attached hydrogens (tertiary/aromatic N) is 2. The lowest BCUT2D eigenvalue weighted by atomic mass is 9.98. The lowest BCUT2D eigenvalue weighted by Gasteiger charge is -2.39. The number of ether oxygens (including phenoxy) is 4. The summed E-state index contributed by atoms with van der Waals surface area (Å²) in [4.78, 5) is 12.2. The minimum atomic E-state index is -1.62. The highest BCUT2D eigenvalue weighted by atomic mass is 16.7. The van der Waals surface area contributed by atoms with E-state index in [2.05, 4.69) is 5.32 Å². The Morgan fingerprint density at radius 1 is 1.05 bits per heavy atom. The Labute approximate surface area is 238 Å². The minimum absolute atomic E-state index is 0.117. The number of carbonyl (C=O) groups is 1. The van der Waals surface area contributed by atoms with Crippen LogP contribution >= 0.6 is 0 Å². The SMILES string of the molecule is CNC(=O)c1ccc(-c2c(Cc3ccc(OC)cc3OC)c(O[C@@H]3O[C@H](CO)[C@@H](O)[C@H](O)[C@H]3O)nn2C(C)C)cc1. The largest absolute Gasteiger partial charge is 0.497 e. The molecule has 222 valence electrons. The smallest absolute Gasteiger partial charge is 0.251 e. The molecule has 12 nitrogen and oxygen atoms in total. The number of aliphatic hydroxyl groups excluding tert-OH is 4. The third kappa shape index (κ3) is 6.16. The number of aromatic nitrogens is 2. The molecule has 1 aliphatic heterocycles. The number of amides is 1. The van der Waals surface area contributed by atoms with Crippen molar-refractivity contribution in [2.24, 2.45) is 0 Å². The molecule has 0 unspecified atom stereocenters. The van der Waals surface area contributed by atoms with Crippen LogP contribution in [0.5, 0.6) is 17.4 Å². The highest BCUT2D eigenvalue weighted by Gasteiger charge is 2.45. The van der Waals surface area contributed by atoms with E-state index in [9.17, 15) is 25.2 Å². The summed E-state index contributed by atoms with van der Waals surface area (Å²) in [5.41, 5.74) is 3.35. The average Bonchev–Trinajstić information content (AvgIpc) is 3.34. The van der Waals surface area contributed by atoms with Gasteiger partial charge in [-0.05, 0) is 37.6 Å². The second-order valence-corrected chi connectivity index (χ2v) is 10.00. The molecule has 1 saturated heterocycles. The van der Waals surface area contributed by atoms with Gasteiger partial charge in [-0.2, -0.15) is 0 Å². The monoisotopic (exact) mass is 571 g/mol. The lowest BCUT2D eigenvalue weighted by molar-refractivity contribution is -0.278. The fraction of sp³-hybridized carbons (Fsp3) is 0.448. The van der Waals surface area contributed by atoms with E-state index in [1.165, 1.54) is 0 Å². The summed E-state index contributed by atoms with van der Waals surface area (Å²) in [7, 11) is 4.68. The van der Waals surface area contributed by atoms with Gasteiger partial charge in [-0.15, -0.1) is 5.10 Å². The average molecular weight is 572 g/mol. The number of methoxy groups -OCH3 is 2. The van der Waals surface area contributed by atoms with Gasteiger partial charge in [0, 0.05) is 42.3 Å². The maximum absolute atomic E-state index is 12.2. The molecule has 3 aromatic rings. The van der Waals surface area contributed by atoms with Crippen LogP contribution in [0.3, 0.4) is 0 Å². The number of nitrogens with one attached hydrogen (secondary N) is 1. The van der Waals surface area contributed by atoms with Crippen molar-refractivity contribution in [2.45, 2.75) is 57.0 Å². The first-order valence-electron chi connectivity index (χ1n) is 13.2. The highest BCUT2D eigenvalue weighted by Crippen LogP contribution is 2.38. The number of carbonyl (C=O) groups excluding carboxylic acids is 1. The van der Waals surface area contributed by atoms with Crippen molar-refractivity contribution in [1.29, 1.82) is 0 Å². The third-order valence-corrected chi connectivity index (χ3v) is 7.05. The third-order valence-electron chi connectivity index (χ3n) is 7.05. The second-order valence-electron chi connectivity index (χ2n) is 10.00. The number of aliphatic hydroxyl groups is 4. The molecule has 1 amide bonds. The normalized spacial score (nSPS) is 22.4. The lowest BCUT2D eigenvalue weighted by Crippen LogP contribution is -2.60. The van der Waals surface area contributed by atoms with E-state index in [0.717, 1.165) is 11.1 Å². The van der Waals surface area contributed by atoms with Crippen molar-refractivity contribution in [2.75, 3.05) is 27.9 Å². The van der Waals surface area contributed by atoms with Gasteiger partial charge in [-0.3, -0.25) is 9.48 Å². The number of rotatable bonds is 10. The van der Waals surface area contributed by atoms with Crippen molar-refractivity contribution in [3.05, 3.63) is 59.2 Å². The Balaban J connectivity index is 1.85. The molecule has 1 fully saturated rings. The first kappa shape index (κ1) is 30.3. The molecule has 0 bridgehead atoms. The Kier molecular flexibility index (Phi) is 9.51. The van der Waals surface area contributed by atoms with Crippen molar-refractivity contribution in [3.63, 3.8) is 0 Å². The predicted octanol–water partition coefficient (Wildman–Crippen LogP) is 1.28. The molecular weight excluding hydrogens is 534 g/mol. The van der Waals surface area contributed by atoms with Crippen LogP contribution in [0, 0.1) is 0 Å². The van der Waals surface area contributed by atoms with Crippen LogP contribution in [0.15, 0.2) is 42.5 Å². The fourth-order valence-corrected chi connectivity index (χ4v) is 4.77. The summed E-state index contributed by atoms with van der Waals surface area (Å²) in [6.45, 7) is 3.31. The highest BCUT2D eigenvalue weighted by molar-refractivity contribution is 5.94. The second kappa shape index (κ2) is 12.9. The summed E-state index contributed by atoms with van der Waals surface area (Å²) >= 11 is 0. The van der Waals surface area contributed by atoms with Crippen molar-refractivity contribution >= 4 is 5.91 Å². The van der Waals surface area contributed by atoms with Gasteiger partial charge in [0.1, 0.15) is 35.9 Å². The summed E-state index contributed by atoms with van der Waals surface area (Å²) in [6, 6.07) is 12.3. The van der Waals surface area contributed by atoms with E-state index in [4.69, 9.17) is 24.0 Å². The van der Waals surface area contributed by atoms with Crippen LogP contribution in [0.25, 0.3) is 11.3 Å². The van der Waals surface area contributed by atoms with E-state index < -0.39 is 37.3 Å². The molecular formula is C29H37N3O9. The van der Waals surface area contributed by atoms with E-state index in [1.54, 1.807) is 50.2 Å². The zero-order valence-electron chi connectivity index (χ0n) is 23.6. The fourth-order valence-electron chi connectivity index (χ4n) is 4.77. The quantitative estimate of drug-likeness (QED) is 0.239. The van der Waals surface area contributed by atoms with Gasteiger partial charge in [0.15, 0.2) is 0 Å².